The fraction of sp³-hybridized carbons (Fsp3) is 0. The lowest BCUT2D eigenvalue weighted by atomic mass is 9.96. The third kappa shape index (κ3) is 12.9. The minimum absolute atomic E-state index is 0.685. The Hall–Kier alpha value is -14.3. The molecule has 21 aromatic rings. The van der Waals surface area contributed by atoms with Gasteiger partial charge >= 0.3 is 0 Å². The van der Waals surface area contributed by atoms with Crippen LogP contribution in [0.5, 0.6) is 0 Å². The fourth-order valence-electron chi connectivity index (χ4n) is 15.4. The molecule has 0 saturated heterocycles. The van der Waals surface area contributed by atoms with E-state index in [2.05, 4.69) is 376 Å². The summed E-state index contributed by atoms with van der Waals surface area (Å²) < 4.78 is 5.04. The molecule has 0 atom stereocenters. The molecule has 21 rings (SSSR count). The summed E-state index contributed by atoms with van der Waals surface area (Å²) in [5, 5.41) is 7.25. The van der Waals surface area contributed by atoms with Crippen LogP contribution in [0.1, 0.15) is 0 Å². The van der Waals surface area contributed by atoms with Crippen LogP contribution in [-0.2, 0) is 0 Å². The number of fused-ring (bicyclic) bond motifs is 10. The molecule has 0 bridgehead atoms. The van der Waals surface area contributed by atoms with Crippen LogP contribution in [-0.4, -0.2) is 29.9 Å². The van der Waals surface area contributed by atoms with Gasteiger partial charge in [-0.05, 0) is 92.0 Å². The Morgan fingerprint density at radius 2 is 0.420 bits per heavy atom. The van der Waals surface area contributed by atoms with E-state index in [1.165, 1.54) is 95.6 Å². The average molecular weight is 1460 g/mol. The normalized spacial score (nSPS) is 11.4. The predicted molar refractivity (Wildman–Crippen MR) is 471 cm³/mol. The minimum Gasteiger partial charge on any atom is -0.247 e. The number of hydrogen-bond acceptors (Lipinski definition) is 8. The van der Waals surface area contributed by atoms with Crippen molar-refractivity contribution in [1.29, 1.82) is 0 Å². The first-order chi connectivity index (χ1) is 55.5. The standard InChI is InChI=1S/C55H35N3S.C49H31N3S/c1-4-13-36(14-5-1)38-23-27-41(28-24-38)48-35-49(58-55(57-48)44-33-25-39(26-34-44)37-15-6-2-7-16-37)42-29-31-43(32-30-42)53-52-46-19-10-11-22-50(46)59-54(52)51-45(20-12-21-47(51)56-53)40-17-8-3-9-18-40;1-4-13-32(14-5-1)33-23-29-38(30-24-33)49-51-42(35-17-8-3-9-18-35)31-43(52-49)36-25-27-37(28-26-36)47-46-40-19-10-11-22-44(40)53-48(46)45-39(20-12-21-41(45)50-47)34-15-6-2-7-16-34/h1-35H;1-31H. The van der Waals surface area contributed by atoms with Gasteiger partial charge in [0.15, 0.2) is 11.6 Å². The number of nitrogens with zero attached hydrogens (tertiary/aromatic N) is 6. The maximum atomic E-state index is 5.43. The Balaban J connectivity index is 0.000000147. The maximum absolute atomic E-state index is 5.43. The Morgan fingerprint density at radius 1 is 0.170 bits per heavy atom. The lowest BCUT2D eigenvalue weighted by Crippen LogP contribution is -1.96. The van der Waals surface area contributed by atoms with Gasteiger partial charge in [0, 0.05) is 95.6 Å². The quantitative estimate of drug-likeness (QED) is 0.114. The van der Waals surface area contributed by atoms with Gasteiger partial charge in [-0.2, -0.15) is 0 Å². The summed E-state index contributed by atoms with van der Waals surface area (Å²) in [6.45, 7) is 0. The van der Waals surface area contributed by atoms with E-state index in [9.17, 15) is 0 Å². The third-order valence-corrected chi connectivity index (χ3v) is 23.4. The van der Waals surface area contributed by atoms with E-state index >= 15 is 0 Å². The molecule has 0 fully saturated rings. The zero-order chi connectivity index (χ0) is 74.3. The Kier molecular flexibility index (Phi) is 17.6. The molecule has 0 N–H and O–H groups in total. The molecule has 0 amide bonds. The van der Waals surface area contributed by atoms with E-state index in [1.54, 1.807) is 0 Å². The number of hydrogen-bond donors (Lipinski definition) is 0. The van der Waals surface area contributed by atoms with Crippen molar-refractivity contribution in [2.24, 2.45) is 0 Å². The van der Waals surface area contributed by atoms with E-state index in [0.29, 0.717) is 11.6 Å². The first-order valence-electron chi connectivity index (χ1n) is 37.6. The maximum Gasteiger partial charge on any atom is 0.160 e. The lowest BCUT2D eigenvalue weighted by molar-refractivity contribution is 1.18. The number of thiophene rings is 2. The summed E-state index contributed by atoms with van der Waals surface area (Å²) >= 11 is 3.70. The molecule has 0 radical (unpaired) electrons. The van der Waals surface area contributed by atoms with Crippen LogP contribution in [0.2, 0.25) is 0 Å². The van der Waals surface area contributed by atoms with Gasteiger partial charge in [-0.25, -0.2) is 29.9 Å². The molecule has 8 heteroatoms. The van der Waals surface area contributed by atoms with E-state index in [1.807, 2.05) is 46.9 Å². The molecule has 0 aliphatic rings. The van der Waals surface area contributed by atoms with Gasteiger partial charge in [-0.3, -0.25) is 0 Å². The zero-order valence-electron chi connectivity index (χ0n) is 60.6. The lowest BCUT2D eigenvalue weighted by Gasteiger charge is -2.13. The van der Waals surface area contributed by atoms with Crippen LogP contribution in [0.3, 0.4) is 0 Å². The van der Waals surface area contributed by atoms with Gasteiger partial charge in [-0.15, -0.1) is 22.7 Å². The molecule has 6 heterocycles. The number of pyridine rings is 2. The van der Waals surface area contributed by atoms with Crippen molar-refractivity contribution < 1.29 is 0 Å². The number of benzene rings is 15. The third-order valence-electron chi connectivity index (χ3n) is 21.1. The van der Waals surface area contributed by atoms with Crippen LogP contribution < -0.4 is 0 Å². The highest BCUT2D eigenvalue weighted by Gasteiger charge is 2.23. The highest BCUT2D eigenvalue weighted by atomic mass is 32.1. The summed E-state index contributed by atoms with van der Waals surface area (Å²) in [6, 6.07) is 141. The van der Waals surface area contributed by atoms with E-state index in [0.717, 1.165) is 101 Å². The Labute approximate surface area is 656 Å². The number of aromatic nitrogens is 6. The van der Waals surface area contributed by atoms with Crippen molar-refractivity contribution in [3.8, 4) is 146 Å². The summed E-state index contributed by atoms with van der Waals surface area (Å²) in [7, 11) is 0. The van der Waals surface area contributed by atoms with Crippen LogP contribution >= 0.6 is 22.7 Å². The second kappa shape index (κ2) is 29.4. The monoisotopic (exact) mass is 1460 g/mol. The molecule has 6 nitrogen and oxygen atoms in total. The summed E-state index contributed by atoms with van der Waals surface area (Å²) in [5.41, 5.74) is 27.5. The van der Waals surface area contributed by atoms with Crippen molar-refractivity contribution in [3.05, 3.63) is 400 Å². The molecule has 0 unspecified atom stereocenters. The molecule has 0 saturated carbocycles. The zero-order valence-corrected chi connectivity index (χ0v) is 62.2. The second-order valence-electron chi connectivity index (χ2n) is 27.9. The molecule has 0 spiro atoms. The smallest absolute Gasteiger partial charge is 0.160 e. The van der Waals surface area contributed by atoms with Crippen LogP contribution in [0, 0.1) is 0 Å². The van der Waals surface area contributed by atoms with Crippen LogP contribution in [0.4, 0.5) is 0 Å². The van der Waals surface area contributed by atoms with E-state index < -0.39 is 0 Å². The van der Waals surface area contributed by atoms with Gasteiger partial charge in [0.2, 0.25) is 0 Å². The second-order valence-corrected chi connectivity index (χ2v) is 30.0. The molecule has 15 aromatic carbocycles. The van der Waals surface area contributed by atoms with E-state index in [4.69, 9.17) is 29.9 Å². The Bertz CT molecular complexity index is 6920. The first-order valence-corrected chi connectivity index (χ1v) is 39.3. The number of rotatable bonds is 13. The fourth-order valence-corrected chi connectivity index (χ4v) is 18.0. The van der Waals surface area contributed by atoms with Gasteiger partial charge in [-0.1, -0.05) is 364 Å². The van der Waals surface area contributed by atoms with E-state index in [-0.39, 0.29) is 0 Å². The van der Waals surface area contributed by atoms with Crippen molar-refractivity contribution in [1.82, 2.24) is 29.9 Å². The van der Waals surface area contributed by atoms with Crippen molar-refractivity contribution >= 4 is 84.8 Å². The molecule has 0 aliphatic carbocycles. The highest BCUT2D eigenvalue weighted by molar-refractivity contribution is 7.27. The summed E-state index contributed by atoms with van der Waals surface area (Å²) in [6.07, 6.45) is 0. The van der Waals surface area contributed by atoms with Gasteiger partial charge in [0.05, 0.1) is 45.2 Å². The van der Waals surface area contributed by atoms with Crippen molar-refractivity contribution in [3.63, 3.8) is 0 Å². The summed E-state index contributed by atoms with van der Waals surface area (Å²) in [5.74, 6) is 1.38. The Morgan fingerprint density at radius 3 is 0.750 bits per heavy atom. The highest BCUT2D eigenvalue weighted by Crippen LogP contribution is 2.48. The first kappa shape index (κ1) is 67.1. The molecular weight excluding hydrogens is 1400 g/mol. The topological polar surface area (TPSA) is 77.3 Å². The van der Waals surface area contributed by atoms with Gasteiger partial charge in [0.25, 0.3) is 0 Å². The molecule has 0 aliphatic heterocycles. The molecule has 6 aromatic heterocycles. The largest absolute Gasteiger partial charge is 0.247 e. The van der Waals surface area contributed by atoms with Crippen LogP contribution in [0.25, 0.3) is 208 Å². The predicted octanol–water partition coefficient (Wildman–Crippen LogP) is 28.5. The van der Waals surface area contributed by atoms with Crippen LogP contribution in [0.15, 0.2) is 400 Å². The van der Waals surface area contributed by atoms with Gasteiger partial charge in [0.1, 0.15) is 0 Å². The van der Waals surface area contributed by atoms with Crippen molar-refractivity contribution in [2.45, 2.75) is 0 Å². The summed E-state index contributed by atoms with van der Waals surface area (Å²) in [4.78, 5) is 31.4. The molecular formula is C104H66N6S2. The molecule has 112 heavy (non-hydrogen) atoms. The SMILES string of the molecule is c1ccc(-c2ccc(-c3cc(-c4ccc(-c5nc6cccc(-c7ccccc7)c6c6sc7ccccc7c56)cc4)nc(-c4ccc(-c5ccccc5)cc4)n3)cc2)cc1.c1ccc(-c2ccc(-c3nc(-c4ccccc4)cc(-c4ccc(-c5nc6cccc(-c7ccccc7)c6c6sc7ccccc7c56)cc4)n3)cc2)cc1. The molecule has 524 valence electrons. The minimum atomic E-state index is 0.685. The average Bonchev–Trinajstić information content (AvgIpc) is 1.54. The van der Waals surface area contributed by atoms with Gasteiger partial charge < -0.3 is 0 Å². The van der Waals surface area contributed by atoms with Crippen molar-refractivity contribution in [2.75, 3.05) is 0 Å².